The topological polar surface area (TPSA) is 47.9 Å². The molecule has 1 fully saturated rings. The molecule has 1 aliphatic rings. The quantitative estimate of drug-likeness (QED) is 0.783. The summed E-state index contributed by atoms with van der Waals surface area (Å²) < 4.78 is 27.0. The maximum absolute atomic E-state index is 12.0. The lowest BCUT2D eigenvalue weighted by Crippen LogP contribution is -2.26. The molecule has 0 spiro atoms. The van der Waals surface area contributed by atoms with Gasteiger partial charge in [0.2, 0.25) is 0 Å². The normalized spacial score (nSPS) is 34.2. The van der Waals surface area contributed by atoms with Crippen LogP contribution in [0.4, 0.5) is 0 Å². The maximum atomic E-state index is 12.0. The van der Waals surface area contributed by atoms with Gasteiger partial charge in [0.05, 0.1) is 16.6 Å². The van der Waals surface area contributed by atoms with Crippen LogP contribution in [-0.4, -0.2) is 34.2 Å². The van der Waals surface area contributed by atoms with Gasteiger partial charge in [-0.3, -0.25) is 0 Å². The van der Waals surface area contributed by atoms with E-state index in [1.807, 2.05) is 27.7 Å². The number of ether oxygens (including phenoxy) is 2. The molecule has 4 atom stereocenters. The van der Waals surface area contributed by atoms with Gasteiger partial charge >= 0.3 is 0 Å². The molecular weight excluding hydrogens is 238 g/mol. The third-order valence-corrected chi connectivity index (χ3v) is 4.32. The first-order valence-corrected chi connectivity index (χ1v) is 7.10. The number of hydrogen-bond donors (Lipinski definition) is 0. The Balaban J connectivity index is 2.94. The Morgan fingerprint density at radius 1 is 1.47 bits per heavy atom. The van der Waals surface area contributed by atoms with Crippen LogP contribution in [-0.2, 0) is 20.5 Å². The van der Waals surface area contributed by atoms with Crippen LogP contribution < -0.4 is 0 Å². The van der Waals surface area contributed by atoms with Gasteiger partial charge in [-0.15, -0.1) is 0 Å². The maximum Gasteiger partial charge on any atom is 0.198 e. The van der Waals surface area contributed by atoms with Crippen molar-refractivity contribution in [2.75, 3.05) is 7.11 Å². The van der Waals surface area contributed by atoms with Crippen LogP contribution in [0.25, 0.3) is 0 Å². The standard InChI is InChI=1S/C12H23NO3S/c1-7-9-8(2)10(11(15-6)16-9)13-17(14)12(3,4)5/h8-9,11H,7H2,1-6H3/t8-,9-,11+,17?/m1/s1. The Hall–Kier alpha value is -0.260. The second kappa shape index (κ2) is 5.59. The lowest BCUT2D eigenvalue weighted by molar-refractivity contribution is -0.0938. The molecule has 1 unspecified atom stereocenters. The molecular formula is C12H23NO3S. The van der Waals surface area contributed by atoms with Gasteiger partial charge in [0, 0.05) is 13.0 Å². The summed E-state index contributed by atoms with van der Waals surface area (Å²) in [5.41, 5.74) is 0.771. The third kappa shape index (κ3) is 3.36. The number of hydrogen-bond acceptors (Lipinski definition) is 3. The largest absolute Gasteiger partial charge is 0.351 e. The van der Waals surface area contributed by atoms with Crippen molar-refractivity contribution in [1.29, 1.82) is 0 Å². The van der Waals surface area contributed by atoms with E-state index in [-0.39, 0.29) is 16.8 Å². The van der Waals surface area contributed by atoms with E-state index in [1.165, 1.54) is 0 Å². The predicted molar refractivity (Wildman–Crippen MR) is 70.5 cm³/mol. The zero-order valence-corrected chi connectivity index (χ0v) is 12.3. The monoisotopic (exact) mass is 261 g/mol. The van der Waals surface area contributed by atoms with Crippen molar-refractivity contribution in [1.82, 2.24) is 0 Å². The van der Waals surface area contributed by atoms with Crippen molar-refractivity contribution in [2.45, 2.75) is 58.2 Å². The van der Waals surface area contributed by atoms with Crippen LogP contribution in [0.1, 0.15) is 41.0 Å². The first-order valence-electron chi connectivity index (χ1n) is 6.00. The number of methoxy groups -OCH3 is 1. The fourth-order valence-corrected chi connectivity index (χ4v) is 2.45. The Morgan fingerprint density at radius 3 is 2.47 bits per heavy atom. The zero-order valence-electron chi connectivity index (χ0n) is 11.5. The van der Waals surface area contributed by atoms with E-state index in [0.29, 0.717) is 0 Å². The van der Waals surface area contributed by atoms with Crippen molar-refractivity contribution in [3.05, 3.63) is 0 Å². The highest BCUT2D eigenvalue weighted by atomic mass is 32.2. The summed E-state index contributed by atoms with van der Waals surface area (Å²) in [7, 11) is 0.329. The van der Waals surface area contributed by atoms with E-state index in [9.17, 15) is 4.21 Å². The number of rotatable bonds is 3. The average Bonchev–Trinajstić information content (AvgIpc) is 2.54. The third-order valence-electron chi connectivity index (χ3n) is 2.89. The molecule has 0 amide bonds. The van der Waals surface area contributed by atoms with Gasteiger partial charge in [0.25, 0.3) is 0 Å². The minimum atomic E-state index is -1.26. The molecule has 0 aromatic heterocycles. The van der Waals surface area contributed by atoms with Crippen LogP contribution in [0.3, 0.4) is 0 Å². The summed E-state index contributed by atoms with van der Waals surface area (Å²) in [6.45, 7) is 9.84. The highest BCUT2D eigenvalue weighted by Crippen LogP contribution is 2.28. The molecule has 1 aliphatic heterocycles. The molecule has 17 heavy (non-hydrogen) atoms. The van der Waals surface area contributed by atoms with E-state index < -0.39 is 17.3 Å². The van der Waals surface area contributed by atoms with Crippen molar-refractivity contribution >= 4 is 16.7 Å². The van der Waals surface area contributed by atoms with Gasteiger partial charge in [-0.25, -0.2) is 4.21 Å². The molecule has 1 saturated heterocycles. The molecule has 100 valence electrons. The molecule has 1 heterocycles. The summed E-state index contributed by atoms with van der Waals surface area (Å²) in [6, 6.07) is 0. The van der Waals surface area contributed by atoms with Gasteiger partial charge in [-0.05, 0) is 27.2 Å². The molecule has 0 aliphatic carbocycles. The van der Waals surface area contributed by atoms with Gasteiger partial charge < -0.3 is 9.47 Å². The fourth-order valence-electron chi connectivity index (χ4n) is 1.74. The van der Waals surface area contributed by atoms with E-state index >= 15 is 0 Å². The van der Waals surface area contributed by atoms with Crippen LogP contribution >= 0.6 is 0 Å². The van der Waals surface area contributed by atoms with Crippen molar-refractivity contribution in [2.24, 2.45) is 10.3 Å². The molecule has 0 aromatic carbocycles. The van der Waals surface area contributed by atoms with E-state index in [2.05, 4.69) is 11.3 Å². The average molecular weight is 261 g/mol. The smallest absolute Gasteiger partial charge is 0.198 e. The zero-order chi connectivity index (χ0) is 13.2. The van der Waals surface area contributed by atoms with E-state index in [0.717, 1.165) is 12.1 Å². The first-order chi connectivity index (χ1) is 7.81. The Morgan fingerprint density at radius 2 is 2.06 bits per heavy atom. The van der Waals surface area contributed by atoms with Gasteiger partial charge in [0.15, 0.2) is 6.29 Å². The van der Waals surface area contributed by atoms with Gasteiger partial charge in [-0.2, -0.15) is 4.40 Å². The first kappa shape index (κ1) is 14.8. The Labute approximate surface area is 106 Å². The van der Waals surface area contributed by atoms with Crippen molar-refractivity contribution in [3.63, 3.8) is 0 Å². The summed E-state index contributed by atoms with van der Waals surface area (Å²) >= 11 is 0. The summed E-state index contributed by atoms with van der Waals surface area (Å²) in [5, 5.41) is 0. The molecule has 0 radical (unpaired) electrons. The molecule has 0 aromatic rings. The van der Waals surface area contributed by atoms with Crippen LogP contribution in [0, 0.1) is 5.92 Å². The summed E-state index contributed by atoms with van der Waals surface area (Å²) in [6.07, 6.45) is 0.569. The van der Waals surface area contributed by atoms with Crippen molar-refractivity contribution < 1.29 is 13.7 Å². The molecule has 1 rings (SSSR count). The van der Waals surface area contributed by atoms with Crippen molar-refractivity contribution in [3.8, 4) is 0 Å². The predicted octanol–water partition coefficient (Wildman–Crippen LogP) is 2.31. The molecule has 5 heteroatoms. The fraction of sp³-hybridized carbons (Fsp3) is 0.917. The number of nitrogens with zero attached hydrogens (tertiary/aromatic N) is 1. The molecule has 0 bridgehead atoms. The van der Waals surface area contributed by atoms with Crippen LogP contribution in [0.15, 0.2) is 4.40 Å². The molecule has 0 saturated carbocycles. The Bertz CT molecular complexity index is 318. The Kier molecular flexibility index (Phi) is 4.86. The molecule has 4 nitrogen and oxygen atoms in total. The minimum Gasteiger partial charge on any atom is -0.351 e. The lowest BCUT2D eigenvalue weighted by Gasteiger charge is -2.16. The van der Waals surface area contributed by atoms with E-state index in [4.69, 9.17) is 9.47 Å². The summed E-state index contributed by atoms with van der Waals surface area (Å²) in [4.78, 5) is 0. The van der Waals surface area contributed by atoms with Gasteiger partial charge in [0.1, 0.15) is 11.0 Å². The van der Waals surface area contributed by atoms with Crippen LogP contribution in [0.2, 0.25) is 0 Å². The SMILES string of the molecule is CC[C@H]1O[C@H](OC)C(=NS(=O)C(C)(C)C)[C@@H]1C. The summed E-state index contributed by atoms with van der Waals surface area (Å²) in [5.74, 6) is 0.163. The second-order valence-corrected chi connectivity index (χ2v) is 7.22. The highest BCUT2D eigenvalue weighted by molar-refractivity contribution is 7.85. The van der Waals surface area contributed by atoms with Crippen LogP contribution in [0.5, 0.6) is 0 Å². The minimum absolute atomic E-state index is 0.107. The van der Waals surface area contributed by atoms with E-state index in [1.54, 1.807) is 7.11 Å². The highest BCUT2D eigenvalue weighted by Gasteiger charge is 2.38. The molecule has 0 N–H and O–H groups in total. The lowest BCUT2D eigenvalue weighted by atomic mass is 10.0. The van der Waals surface area contributed by atoms with Gasteiger partial charge in [-0.1, -0.05) is 13.8 Å². The second-order valence-electron chi connectivity index (χ2n) is 5.32.